The van der Waals surface area contributed by atoms with Gasteiger partial charge in [-0.3, -0.25) is 4.79 Å². The fourth-order valence-electron chi connectivity index (χ4n) is 4.34. The summed E-state index contributed by atoms with van der Waals surface area (Å²) in [5.74, 6) is 0.690. The van der Waals surface area contributed by atoms with Crippen LogP contribution in [0.2, 0.25) is 0 Å². The van der Waals surface area contributed by atoms with Gasteiger partial charge in [0.1, 0.15) is 11.4 Å². The molecule has 2 N–H and O–H groups in total. The Morgan fingerprint density at radius 3 is 2.54 bits per heavy atom. The number of benzene rings is 1. The molecule has 152 valence electrons. The van der Waals surface area contributed by atoms with Crippen molar-refractivity contribution < 1.29 is 9.53 Å². The number of carbonyl (C=O) groups excluding carboxylic acids is 1. The molecule has 1 aromatic heterocycles. The number of nitrogens with zero attached hydrogens (tertiary/aromatic N) is 2. The van der Waals surface area contributed by atoms with Crippen molar-refractivity contribution in [2.45, 2.75) is 78.2 Å². The second-order valence-corrected chi connectivity index (χ2v) is 9.25. The number of piperidine rings is 1. The Labute approximate surface area is 167 Å². The minimum absolute atomic E-state index is 0.0151. The van der Waals surface area contributed by atoms with Crippen LogP contribution in [0.25, 0.3) is 0 Å². The highest BCUT2D eigenvalue weighted by molar-refractivity contribution is 5.92. The molecule has 1 aromatic carbocycles. The predicted octanol–water partition coefficient (Wildman–Crippen LogP) is 3.58. The maximum absolute atomic E-state index is 12.7. The maximum atomic E-state index is 12.7. The van der Waals surface area contributed by atoms with E-state index < -0.39 is 0 Å². The van der Waals surface area contributed by atoms with Crippen molar-refractivity contribution in [3.8, 4) is 5.75 Å². The third-order valence-corrected chi connectivity index (χ3v) is 5.08. The highest BCUT2D eigenvalue weighted by atomic mass is 16.5. The first-order valence-electron chi connectivity index (χ1n) is 9.87. The smallest absolute Gasteiger partial charge is 0.271 e. The molecule has 0 atom stereocenters. The number of ether oxygens (including phenoxy) is 1. The van der Waals surface area contributed by atoms with Gasteiger partial charge in [0.05, 0.1) is 0 Å². The zero-order chi connectivity index (χ0) is 20.5. The Morgan fingerprint density at radius 1 is 1.21 bits per heavy atom. The maximum Gasteiger partial charge on any atom is 0.271 e. The van der Waals surface area contributed by atoms with E-state index in [0.717, 1.165) is 24.2 Å². The van der Waals surface area contributed by atoms with Gasteiger partial charge >= 0.3 is 0 Å². The van der Waals surface area contributed by atoms with E-state index in [0.29, 0.717) is 5.69 Å². The van der Waals surface area contributed by atoms with E-state index in [1.165, 1.54) is 5.56 Å². The molecule has 1 aliphatic rings. The molecule has 0 saturated carbocycles. The zero-order valence-electron chi connectivity index (χ0n) is 17.8. The predicted molar refractivity (Wildman–Crippen MR) is 111 cm³/mol. The lowest BCUT2D eigenvalue weighted by Crippen LogP contribution is -2.62. The highest BCUT2D eigenvalue weighted by Crippen LogP contribution is 2.28. The number of aromatic nitrogens is 2. The van der Waals surface area contributed by atoms with Gasteiger partial charge in [-0.1, -0.05) is 17.7 Å². The van der Waals surface area contributed by atoms with Crippen molar-refractivity contribution in [3.05, 3.63) is 47.3 Å². The Balaban J connectivity index is 1.59. The summed E-state index contributed by atoms with van der Waals surface area (Å²) in [6.45, 7) is 13.0. The van der Waals surface area contributed by atoms with Crippen molar-refractivity contribution in [2.24, 2.45) is 0 Å². The van der Waals surface area contributed by atoms with Gasteiger partial charge in [0.15, 0.2) is 6.73 Å². The number of carbonyl (C=O) groups is 1. The van der Waals surface area contributed by atoms with Crippen molar-refractivity contribution in [2.75, 3.05) is 0 Å². The van der Waals surface area contributed by atoms with Gasteiger partial charge in [-0.05, 0) is 72.1 Å². The summed E-state index contributed by atoms with van der Waals surface area (Å²) in [5, 5.41) is 11.2. The Kier molecular flexibility index (Phi) is 5.53. The molecule has 6 heteroatoms. The summed E-state index contributed by atoms with van der Waals surface area (Å²) in [6, 6.07) is 7.92. The molecule has 1 saturated heterocycles. The van der Waals surface area contributed by atoms with Crippen LogP contribution >= 0.6 is 0 Å². The van der Waals surface area contributed by atoms with E-state index in [-0.39, 0.29) is 29.8 Å². The van der Waals surface area contributed by atoms with Crippen molar-refractivity contribution in [1.82, 2.24) is 20.4 Å². The first-order chi connectivity index (χ1) is 13.0. The van der Waals surface area contributed by atoms with E-state index in [1.807, 2.05) is 19.1 Å². The van der Waals surface area contributed by atoms with E-state index >= 15 is 0 Å². The average molecular weight is 385 g/mol. The summed E-state index contributed by atoms with van der Waals surface area (Å²) in [5.41, 5.74) is 2.67. The SMILES string of the molecule is Cc1ccc(OCn2ccc(C(=O)NC3CC(C)(C)NC(C)(C)C3)n2)c(C)c1. The summed E-state index contributed by atoms with van der Waals surface area (Å²) in [6.07, 6.45) is 3.55. The van der Waals surface area contributed by atoms with Crippen LogP contribution in [0.3, 0.4) is 0 Å². The molecule has 1 amide bonds. The first kappa shape index (κ1) is 20.4. The summed E-state index contributed by atoms with van der Waals surface area (Å²) in [7, 11) is 0. The molecule has 0 bridgehead atoms. The molecule has 3 rings (SSSR count). The third-order valence-electron chi connectivity index (χ3n) is 5.08. The molecule has 1 aliphatic heterocycles. The monoisotopic (exact) mass is 384 g/mol. The van der Waals surface area contributed by atoms with Gasteiger partial charge in [0, 0.05) is 23.3 Å². The molecule has 0 spiro atoms. The van der Waals surface area contributed by atoms with Gasteiger partial charge in [-0.2, -0.15) is 5.10 Å². The fourth-order valence-corrected chi connectivity index (χ4v) is 4.34. The minimum atomic E-state index is -0.135. The topological polar surface area (TPSA) is 68.2 Å². The van der Waals surface area contributed by atoms with Crippen LogP contribution in [0.1, 0.15) is 62.2 Å². The molecule has 1 fully saturated rings. The lowest BCUT2D eigenvalue weighted by Gasteiger charge is -2.46. The number of nitrogens with one attached hydrogen (secondary N) is 2. The number of hydrogen-bond acceptors (Lipinski definition) is 4. The van der Waals surface area contributed by atoms with Crippen LogP contribution < -0.4 is 15.4 Å². The second kappa shape index (κ2) is 7.59. The number of amides is 1. The molecular formula is C22H32N4O2. The molecule has 0 unspecified atom stereocenters. The van der Waals surface area contributed by atoms with Crippen LogP contribution in [0.5, 0.6) is 5.75 Å². The zero-order valence-corrected chi connectivity index (χ0v) is 17.8. The lowest BCUT2D eigenvalue weighted by molar-refractivity contribution is 0.0866. The normalized spacial score (nSPS) is 18.6. The molecular weight excluding hydrogens is 352 g/mol. The molecule has 2 heterocycles. The molecule has 6 nitrogen and oxygen atoms in total. The van der Waals surface area contributed by atoms with Gasteiger partial charge in [0.25, 0.3) is 5.91 Å². The Hall–Kier alpha value is -2.34. The molecule has 2 aromatic rings. The fraction of sp³-hybridized carbons (Fsp3) is 0.545. The van der Waals surface area contributed by atoms with Gasteiger partial charge in [0.2, 0.25) is 0 Å². The van der Waals surface area contributed by atoms with Crippen molar-refractivity contribution in [3.63, 3.8) is 0 Å². The van der Waals surface area contributed by atoms with Crippen LogP contribution in [-0.4, -0.2) is 32.8 Å². The second-order valence-electron chi connectivity index (χ2n) is 9.25. The Bertz CT molecular complexity index is 838. The largest absolute Gasteiger partial charge is 0.471 e. The van der Waals surface area contributed by atoms with Crippen LogP contribution in [0.15, 0.2) is 30.5 Å². The number of rotatable bonds is 5. The quantitative estimate of drug-likeness (QED) is 0.827. The van der Waals surface area contributed by atoms with Crippen LogP contribution in [-0.2, 0) is 6.73 Å². The summed E-state index contributed by atoms with van der Waals surface area (Å²) in [4.78, 5) is 12.7. The van der Waals surface area contributed by atoms with Crippen molar-refractivity contribution >= 4 is 5.91 Å². The van der Waals surface area contributed by atoms with E-state index in [4.69, 9.17) is 4.74 Å². The number of hydrogen-bond donors (Lipinski definition) is 2. The summed E-state index contributed by atoms with van der Waals surface area (Å²) < 4.78 is 7.48. The minimum Gasteiger partial charge on any atom is -0.471 e. The van der Waals surface area contributed by atoms with Gasteiger partial charge in [-0.15, -0.1) is 0 Å². The standard InChI is InChI=1S/C22H32N4O2/c1-15-7-8-19(16(2)11-15)28-14-26-10-9-18(24-26)20(27)23-17-12-21(3,4)25-22(5,6)13-17/h7-11,17,25H,12-14H2,1-6H3,(H,23,27). The number of aryl methyl sites for hydroxylation is 2. The van der Waals surface area contributed by atoms with Crippen molar-refractivity contribution in [1.29, 1.82) is 0 Å². The highest BCUT2D eigenvalue weighted by Gasteiger charge is 2.38. The van der Waals surface area contributed by atoms with E-state index in [9.17, 15) is 4.79 Å². The van der Waals surface area contributed by atoms with Crippen LogP contribution in [0.4, 0.5) is 0 Å². The van der Waals surface area contributed by atoms with Gasteiger partial charge < -0.3 is 15.4 Å². The molecule has 0 aliphatic carbocycles. The Morgan fingerprint density at radius 2 is 1.89 bits per heavy atom. The van der Waals surface area contributed by atoms with Gasteiger partial charge in [-0.25, -0.2) is 4.68 Å². The summed E-state index contributed by atoms with van der Waals surface area (Å²) >= 11 is 0. The molecule has 0 radical (unpaired) electrons. The average Bonchev–Trinajstić information content (AvgIpc) is 3.00. The van der Waals surface area contributed by atoms with E-state index in [1.54, 1.807) is 16.9 Å². The lowest BCUT2D eigenvalue weighted by atomic mass is 9.79. The van der Waals surface area contributed by atoms with E-state index in [2.05, 4.69) is 56.4 Å². The molecule has 28 heavy (non-hydrogen) atoms. The first-order valence-corrected chi connectivity index (χ1v) is 9.87. The van der Waals surface area contributed by atoms with Crippen LogP contribution in [0, 0.1) is 13.8 Å². The third kappa shape index (κ3) is 5.13.